The Labute approximate surface area is 87.6 Å². The van der Waals surface area contributed by atoms with Crippen LogP contribution in [0.15, 0.2) is 0 Å². The molecule has 2 N–H and O–H groups in total. The van der Waals surface area contributed by atoms with Gasteiger partial charge in [-0.15, -0.1) is 0 Å². The van der Waals surface area contributed by atoms with Crippen molar-refractivity contribution in [2.45, 2.75) is 44.8 Å². The summed E-state index contributed by atoms with van der Waals surface area (Å²) >= 11 is 0. The van der Waals surface area contributed by atoms with E-state index in [2.05, 4.69) is 18.9 Å². The average Bonchev–Trinajstić information content (AvgIpc) is 2.19. The average molecular weight is 200 g/mol. The van der Waals surface area contributed by atoms with Crippen LogP contribution >= 0.6 is 0 Å². The first-order chi connectivity index (χ1) is 6.72. The molecule has 0 radical (unpaired) electrons. The molecule has 0 bridgehead atoms. The van der Waals surface area contributed by atoms with Crippen molar-refractivity contribution >= 4 is 0 Å². The minimum absolute atomic E-state index is 0.309. The van der Waals surface area contributed by atoms with Gasteiger partial charge in [-0.1, -0.05) is 6.92 Å². The quantitative estimate of drug-likeness (QED) is 0.725. The standard InChI is InChI=1S/C11H24N2O/c1-3-10(12)8-13(2)9-11-6-4-5-7-14-11/h10-11H,3-9,12H2,1-2H3. The molecule has 1 aliphatic rings. The molecule has 1 heterocycles. The van der Waals surface area contributed by atoms with Crippen LogP contribution in [0, 0.1) is 0 Å². The van der Waals surface area contributed by atoms with Gasteiger partial charge >= 0.3 is 0 Å². The molecule has 14 heavy (non-hydrogen) atoms. The third-order valence-electron chi connectivity index (χ3n) is 2.86. The van der Waals surface area contributed by atoms with Gasteiger partial charge < -0.3 is 15.4 Å². The molecule has 84 valence electrons. The third kappa shape index (κ3) is 4.40. The fraction of sp³-hybridized carbons (Fsp3) is 1.00. The molecule has 3 heteroatoms. The van der Waals surface area contributed by atoms with E-state index < -0.39 is 0 Å². The maximum absolute atomic E-state index is 5.90. The Morgan fingerprint density at radius 3 is 2.86 bits per heavy atom. The highest BCUT2D eigenvalue weighted by molar-refractivity contribution is 4.70. The normalized spacial score (nSPS) is 25.3. The van der Waals surface area contributed by atoms with Crippen LogP contribution < -0.4 is 5.73 Å². The Kier molecular flexibility index (Phi) is 5.45. The van der Waals surface area contributed by atoms with Gasteiger partial charge in [0, 0.05) is 25.7 Å². The third-order valence-corrected chi connectivity index (χ3v) is 2.86. The molecule has 1 rings (SSSR count). The summed E-state index contributed by atoms with van der Waals surface area (Å²) in [4.78, 5) is 2.30. The van der Waals surface area contributed by atoms with Crippen molar-refractivity contribution in [1.82, 2.24) is 4.90 Å². The summed E-state index contributed by atoms with van der Waals surface area (Å²) in [6.07, 6.45) is 5.26. The van der Waals surface area contributed by atoms with Gasteiger partial charge in [-0.3, -0.25) is 0 Å². The lowest BCUT2D eigenvalue weighted by atomic mass is 10.1. The highest BCUT2D eigenvalue weighted by Crippen LogP contribution is 2.13. The van der Waals surface area contributed by atoms with E-state index in [0.29, 0.717) is 12.1 Å². The molecule has 1 saturated heterocycles. The molecule has 0 saturated carbocycles. The molecule has 0 amide bonds. The lowest BCUT2D eigenvalue weighted by Crippen LogP contribution is -2.40. The highest BCUT2D eigenvalue weighted by Gasteiger charge is 2.16. The molecule has 2 unspecified atom stereocenters. The Morgan fingerprint density at radius 1 is 1.50 bits per heavy atom. The van der Waals surface area contributed by atoms with Crippen LogP contribution in [-0.2, 0) is 4.74 Å². The summed E-state index contributed by atoms with van der Waals surface area (Å²) in [5, 5.41) is 0. The maximum atomic E-state index is 5.90. The molecular weight excluding hydrogens is 176 g/mol. The summed E-state index contributed by atoms with van der Waals surface area (Å²) in [7, 11) is 2.13. The summed E-state index contributed by atoms with van der Waals surface area (Å²) in [5.41, 5.74) is 5.90. The molecular formula is C11H24N2O. The smallest absolute Gasteiger partial charge is 0.0701 e. The molecule has 0 spiro atoms. The lowest BCUT2D eigenvalue weighted by Gasteiger charge is -2.28. The van der Waals surface area contributed by atoms with E-state index in [1.807, 2.05) is 0 Å². The largest absolute Gasteiger partial charge is 0.377 e. The number of nitrogens with zero attached hydrogens (tertiary/aromatic N) is 1. The van der Waals surface area contributed by atoms with Crippen molar-refractivity contribution < 1.29 is 4.74 Å². The summed E-state index contributed by atoms with van der Waals surface area (Å²) < 4.78 is 5.68. The molecule has 0 aromatic heterocycles. The summed E-state index contributed by atoms with van der Waals surface area (Å²) in [5.74, 6) is 0. The van der Waals surface area contributed by atoms with Crippen LogP contribution in [0.2, 0.25) is 0 Å². The predicted molar refractivity (Wildman–Crippen MR) is 59.4 cm³/mol. The number of hydrogen-bond acceptors (Lipinski definition) is 3. The van der Waals surface area contributed by atoms with Crippen LogP contribution in [-0.4, -0.2) is 43.8 Å². The van der Waals surface area contributed by atoms with Gasteiger partial charge in [-0.25, -0.2) is 0 Å². The lowest BCUT2D eigenvalue weighted by molar-refractivity contribution is -0.00214. The van der Waals surface area contributed by atoms with Crippen molar-refractivity contribution in [2.24, 2.45) is 5.73 Å². The van der Waals surface area contributed by atoms with Gasteiger partial charge in [-0.05, 0) is 32.7 Å². The Bertz CT molecular complexity index is 146. The fourth-order valence-corrected chi connectivity index (χ4v) is 1.90. The number of ether oxygens (including phenoxy) is 1. The second-order valence-corrected chi connectivity index (χ2v) is 4.38. The van der Waals surface area contributed by atoms with E-state index in [1.165, 1.54) is 19.3 Å². The van der Waals surface area contributed by atoms with Crippen molar-refractivity contribution in [3.63, 3.8) is 0 Å². The van der Waals surface area contributed by atoms with Crippen LogP contribution in [0.5, 0.6) is 0 Å². The van der Waals surface area contributed by atoms with Crippen LogP contribution in [0.25, 0.3) is 0 Å². The minimum atomic E-state index is 0.309. The Balaban J connectivity index is 2.14. The molecule has 3 nitrogen and oxygen atoms in total. The second kappa shape index (κ2) is 6.38. The van der Waals surface area contributed by atoms with E-state index >= 15 is 0 Å². The van der Waals surface area contributed by atoms with E-state index in [1.54, 1.807) is 0 Å². The van der Waals surface area contributed by atoms with E-state index in [0.717, 1.165) is 26.1 Å². The number of likely N-dealkylation sites (N-methyl/N-ethyl adjacent to an activating group) is 1. The van der Waals surface area contributed by atoms with Crippen LogP contribution in [0.4, 0.5) is 0 Å². The SMILES string of the molecule is CCC(N)CN(C)CC1CCCCO1. The van der Waals surface area contributed by atoms with Crippen molar-refractivity contribution in [3.05, 3.63) is 0 Å². The van der Waals surface area contributed by atoms with Crippen molar-refractivity contribution in [2.75, 3.05) is 26.7 Å². The zero-order chi connectivity index (χ0) is 10.4. The van der Waals surface area contributed by atoms with Gasteiger partial charge in [-0.2, -0.15) is 0 Å². The number of hydrogen-bond donors (Lipinski definition) is 1. The van der Waals surface area contributed by atoms with Crippen molar-refractivity contribution in [3.8, 4) is 0 Å². The Hall–Kier alpha value is -0.120. The molecule has 0 aromatic carbocycles. The summed E-state index contributed by atoms with van der Waals surface area (Å²) in [6, 6.07) is 0.309. The van der Waals surface area contributed by atoms with E-state index in [4.69, 9.17) is 10.5 Å². The molecule has 0 aliphatic carbocycles. The molecule has 2 atom stereocenters. The number of nitrogens with two attached hydrogens (primary N) is 1. The Morgan fingerprint density at radius 2 is 2.29 bits per heavy atom. The molecule has 0 aromatic rings. The first-order valence-electron chi connectivity index (χ1n) is 5.78. The zero-order valence-electron chi connectivity index (χ0n) is 9.54. The summed E-state index contributed by atoms with van der Waals surface area (Å²) in [6.45, 7) is 5.10. The van der Waals surface area contributed by atoms with E-state index in [-0.39, 0.29) is 0 Å². The molecule has 1 aliphatic heterocycles. The minimum Gasteiger partial charge on any atom is -0.377 e. The fourth-order valence-electron chi connectivity index (χ4n) is 1.90. The second-order valence-electron chi connectivity index (χ2n) is 4.38. The van der Waals surface area contributed by atoms with Crippen LogP contribution in [0.3, 0.4) is 0 Å². The van der Waals surface area contributed by atoms with Gasteiger partial charge in [0.05, 0.1) is 6.10 Å². The van der Waals surface area contributed by atoms with Gasteiger partial charge in [0.25, 0.3) is 0 Å². The number of rotatable bonds is 5. The van der Waals surface area contributed by atoms with Crippen molar-refractivity contribution in [1.29, 1.82) is 0 Å². The van der Waals surface area contributed by atoms with Gasteiger partial charge in [0.15, 0.2) is 0 Å². The molecule has 1 fully saturated rings. The topological polar surface area (TPSA) is 38.5 Å². The van der Waals surface area contributed by atoms with E-state index in [9.17, 15) is 0 Å². The zero-order valence-corrected chi connectivity index (χ0v) is 9.54. The van der Waals surface area contributed by atoms with Gasteiger partial charge in [0.1, 0.15) is 0 Å². The first-order valence-corrected chi connectivity index (χ1v) is 5.78. The monoisotopic (exact) mass is 200 g/mol. The van der Waals surface area contributed by atoms with Gasteiger partial charge in [0.2, 0.25) is 0 Å². The predicted octanol–water partition coefficient (Wildman–Crippen LogP) is 1.22. The highest BCUT2D eigenvalue weighted by atomic mass is 16.5. The first kappa shape index (κ1) is 12.0. The van der Waals surface area contributed by atoms with Crippen LogP contribution in [0.1, 0.15) is 32.6 Å². The maximum Gasteiger partial charge on any atom is 0.0701 e.